The Morgan fingerprint density at radius 1 is 0.966 bits per heavy atom. The highest BCUT2D eigenvalue weighted by Gasteiger charge is 2.32. The molecule has 2 aliphatic rings. The van der Waals surface area contributed by atoms with Crippen LogP contribution in [0, 0.1) is 0 Å². The van der Waals surface area contributed by atoms with E-state index in [2.05, 4.69) is 10.1 Å². The third kappa shape index (κ3) is 3.36. The molecular formula is C20H19N3O5S. The van der Waals surface area contributed by atoms with Crippen molar-refractivity contribution in [3.05, 3.63) is 54.4 Å². The first-order valence-corrected chi connectivity index (χ1v) is 10.8. The zero-order valence-corrected chi connectivity index (χ0v) is 16.3. The zero-order valence-electron chi connectivity index (χ0n) is 15.5. The summed E-state index contributed by atoms with van der Waals surface area (Å²) in [4.78, 5) is 4.85. The molecule has 3 heterocycles. The van der Waals surface area contributed by atoms with Gasteiger partial charge in [0.15, 0.2) is 11.5 Å². The maximum Gasteiger partial charge on any atom is 0.243 e. The van der Waals surface area contributed by atoms with E-state index in [1.165, 1.54) is 4.31 Å². The van der Waals surface area contributed by atoms with E-state index in [1.807, 2.05) is 18.2 Å². The average Bonchev–Trinajstić information content (AvgIpc) is 3.43. The molecule has 0 radical (unpaired) electrons. The van der Waals surface area contributed by atoms with Gasteiger partial charge in [-0.15, -0.1) is 0 Å². The highest BCUT2D eigenvalue weighted by molar-refractivity contribution is 7.89. The van der Waals surface area contributed by atoms with E-state index in [4.69, 9.17) is 14.0 Å². The van der Waals surface area contributed by atoms with Gasteiger partial charge in [-0.05, 0) is 43.2 Å². The van der Waals surface area contributed by atoms with Crippen molar-refractivity contribution in [2.24, 2.45) is 0 Å². The van der Waals surface area contributed by atoms with Gasteiger partial charge in [0.25, 0.3) is 0 Å². The van der Waals surface area contributed by atoms with Gasteiger partial charge in [0.05, 0.1) is 4.90 Å². The predicted molar refractivity (Wildman–Crippen MR) is 103 cm³/mol. The zero-order chi connectivity index (χ0) is 19.8. The summed E-state index contributed by atoms with van der Waals surface area (Å²) < 4.78 is 43.2. The van der Waals surface area contributed by atoms with Crippen LogP contribution in [0.3, 0.4) is 0 Å². The number of piperidine rings is 1. The average molecular weight is 413 g/mol. The third-order valence-electron chi connectivity index (χ3n) is 5.26. The number of benzene rings is 2. The Labute approximate surface area is 168 Å². The number of hydrogen-bond acceptors (Lipinski definition) is 7. The molecule has 0 N–H and O–H groups in total. The molecular weight excluding hydrogens is 394 g/mol. The van der Waals surface area contributed by atoms with Gasteiger partial charge in [0.2, 0.25) is 28.5 Å². The molecule has 2 aromatic carbocycles. The Bertz CT molecular complexity index is 1120. The number of rotatable bonds is 4. The van der Waals surface area contributed by atoms with Crippen LogP contribution in [0.2, 0.25) is 0 Å². The molecule has 0 unspecified atom stereocenters. The van der Waals surface area contributed by atoms with Gasteiger partial charge >= 0.3 is 0 Å². The lowest BCUT2D eigenvalue weighted by atomic mass is 9.98. The highest BCUT2D eigenvalue weighted by atomic mass is 32.2. The van der Waals surface area contributed by atoms with E-state index in [1.54, 1.807) is 30.3 Å². The van der Waals surface area contributed by atoms with Crippen LogP contribution in [-0.2, 0) is 10.0 Å². The van der Waals surface area contributed by atoms with Crippen LogP contribution in [-0.4, -0.2) is 42.7 Å². The molecule has 0 spiro atoms. The van der Waals surface area contributed by atoms with Gasteiger partial charge in [-0.1, -0.05) is 23.4 Å². The van der Waals surface area contributed by atoms with Crippen molar-refractivity contribution in [3.63, 3.8) is 0 Å². The lowest BCUT2D eigenvalue weighted by molar-refractivity contribution is 0.174. The summed E-state index contributed by atoms with van der Waals surface area (Å²) in [6.07, 6.45) is 1.27. The minimum Gasteiger partial charge on any atom is -0.454 e. The topological polar surface area (TPSA) is 94.8 Å². The van der Waals surface area contributed by atoms with Crippen LogP contribution in [0.1, 0.15) is 24.7 Å². The fourth-order valence-corrected chi connectivity index (χ4v) is 5.13. The van der Waals surface area contributed by atoms with Crippen LogP contribution in [0.4, 0.5) is 0 Å². The summed E-state index contributed by atoms with van der Waals surface area (Å²) in [5.41, 5.74) is 0.786. The van der Waals surface area contributed by atoms with Crippen LogP contribution in [0.15, 0.2) is 57.9 Å². The smallest absolute Gasteiger partial charge is 0.243 e. The number of sulfonamides is 1. The van der Waals surface area contributed by atoms with E-state index in [0.717, 1.165) is 5.56 Å². The second kappa shape index (κ2) is 7.16. The first-order valence-electron chi connectivity index (χ1n) is 9.40. The van der Waals surface area contributed by atoms with Crippen LogP contribution < -0.4 is 9.47 Å². The molecule has 0 saturated carbocycles. The molecule has 0 amide bonds. The molecule has 2 aliphatic heterocycles. The Morgan fingerprint density at radius 2 is 1.72 bits per heavy atom. The molecule has 1 saturated heterocycles. The van der Waals surface area contributed by atoms with Crippen molar-refractivity contribution in [1.29, 1.82) is 0 Å². The largest absolute Gasteiger partial charge is 0.454 e. The number of ether oxygens (including phenoxy) is 2. The number of aromatic nitrogens is 2. The Morgan fingerprint density at radius 3 is 2.52 bits per heavy atom. The summed E-state index contributed by atoms with van der Waals surface area (Å²) in [6.45, 7) is 1.05. The van der Waals surface area contributed by atoms with E-state index >= 15 is 0 Å². The summed E-state index contributed by atoms with van der Waals surface area (Å²) >= 11 is 0. The molecule has 150 valence electrons. The van der Waals surface area contributed by atoms with Gasteiger partial charge in [-0.2, -0.15) is 9.29 Å². The van der Waals surface area contributed by atoms with Crippen molar-refractivity contribution in [3.8, 4) is 22.9 Å². The van der Waals surface area contributed by atoms with Crippen LogP contribution in [0.25, 0.3) is 11.4 Å². The lowest BCUT2D eigenvalue weighted by Crippen LogP contribution is -2.37. The molecule has 3 aromatic rings. The second-order valence-electron chi connectivity index (χ2n) is 7.02. The standard InChI is InChI=1S/C20H19N3O5S/c24-29(25,16-4-2-1-3-5-16)23-10-8-14(9-11-23)20-21-19(22-28-20)15-6-7-17-18(12-15)27-13-26-17/h1-7,12,14H,8-11,13H2. The molecule has 1 fully saturated rings. The molecule has 0 aliphatic carbocycles. The minimum atomic E-state index is -3.47. The van der Waals surface area contributed by atoms with E-state index in [-0.39, 0.29) is 12.7 Å². The van der Waals surface area contributed by atoms with Crippen molar-refractivity contribution in [2.75, 3.05) is 19.9 Å². The molecule has 0 bridgehead atoms. The SMILES string of the molecule is O=S(=O)(c1ccccc1)N1CCC(c2nc(-c3ccc4c(c3)OCO4)no2)CC1. The Balaban J connectivity index is 1.28. The van der Waals surface area contributed by atoms with Crippen LogP contribution >= 0.6 is 0 Å². The van der Waals surface area contributed by atoms with Crippen molar-refractivity contribution in [2.45, 2.75) is 23.7 Å². The second-order valence-corrected chi connectivity index (χ2v) is 8.95. The number of fused-ring (bicyclic) bond motifs is 1. The quantitative estimate of drug-likeness (QED) is 0.649. The lowest BCUT2D eigenvalue weighted by Gasteiger charge is -2.29. The Hall–Kier alpha value is -2.91. The monoisotopic (exact) mass is 413 g/mol. The Kier molecular flexibility index (Phi) is 4.48. The number of nitrogens with zero attached hydrogens (tertiary/aromatic N) is 3. The highest BCUT2D eigenvalue weighted by Crippen LogP contribution is 2.36. The first-order chi connectivity index (χ1) is 14.1. The minimum absolute atomic E-state index is 0.0347. The van der Waals surface area contributed by atoms with Crippen molar-refractivity contribution < 1.29 is 22.4 Å². The van der Waals surface area contributed by atoms with Crippen LogP contribution in [0.5, 0.6) is 11.5 Å². The normalized spacial score (nSPS) is 17.5. The van der Waals surface area contributed by atoms with Gasteiger partial charge < -0.3 is 14.0 Å². The molecule has 1 aromatic heterocycles. The van der Waals surface area contributed by atoms with E-state index < -0.39 is 10.0 Å². The van der Waals surface area contributed by atoms with Gasteiger partial charge in [-0.3, -0.25) is 0 Å². The maximum absolute atomic E-state index is 12.8. The van der Waals surface area contributed by atoms with E-state index in [0.29, 0.717) is 54.0 Å². The summed E-state index contributed by atoms with van der Waals surface area (Å²) in [5, 5.41) is 4.09. The molecule has 0 atom stereocenters. The summed E-state index contributed by atoms with van der Waals surface area (Å²) in [6, 6.07) is 14.0. The number of hydrogen-bond donors (Lipinski definition) is 0. The van der Waals surface area contributed by atoms with Crippen molar-refractivity contribution in [1.82, 2.24) is 14.4 Å². The summed E-state index contributed by atoms with van der Waals surface area (Å²) in [5.74, 6) is 2.41. The third-order valence-corrected chi connectivity index (χ3v) is 7.17. The van der Waals surface area contributed by atoms with Crippen molar-refractivity contribution >= 4 is 10.0 Å². The van der Waals surface area contributed by atoms with Gasteiger partial charge in [0, 0.05) is 24.6 Å². The fraction of sp³-hybridized carbons (Fsp3) is 0.300. The molecule has 5 rings (SSSR count). The first kappa shape index (κ1) is 18.1. The summed E-state index contributed by atoms with van der Waals surface area (Å²) in [7, 11) is -3.47. The molecule has 9 heteroatoms. The molecule has 8 nitrogen and oxygen atoms in total. The fourth-order valence-electron chi connectivity index (χ4n) is 3.64. The molecule has 29 heavy (non-hydrogen) atoms. The predicted octanol–water partition coefficient (Wildman–Crippen LogP) is 3.03. The van der Waals surface area contributed by atoms with Gasteiger partial charge in [-0.25, -0.2) is 8.42 Å². The van der Waals surface area contributed by atoms with Gasteiger partial charge in [0.1, 0.15) is 0 Å². The maximum atomic E-state index is 12.8. The van der Waals surface area contributed by atoms with E-state index in [9.17, 15) is 8.42 Å².